The molecule has 1 aliphatic heterocycles. The average molecular weight is 330 g/mol. The van der Waals surface area contributed by atoms with Crippen LogP contribution in [0.1, 0.15) is 38.7 Å². The second kappa shape index (κ2) is 7.07. The molecule has 1 aliphatic rings. The highest BCUT2D eigenvalue weighted by atomic mass is 16.6. The molecule has 0 radical (unpaired) electrons. The molecule has 130 valence electrons. The summed E-state index contributed by atoms with van der Waals surface area (Å²) in [4.78, 5) is 28.0. The Kier molecular flexibility index (Phi) is 5.32. The van der Waals surface area contributed by atoms with Crippen molar-refractivity contribution in [2.45, 2.75) is 38.7 Å². The maximum atomic E-state index is 12.7. The number of ether oxygens (including phenoxy) is 1. The number of carbonyl (C=O) groups is 2. The number of nitrogens with zero attached hydrogens (tertiary/aromatic N) is 2. The summed E-state index contributed by atoms with van der Waals surface area (Å²) in [7, 11) is 1.70. The molecule has 24 heavy (non-hydrogen) atoms. The molecule has 0 N–H and O–H groups in total. The summed E-state index contributed by atoms with van der Waals surface area (Å²) in [5.74, 6) is -0.167. The summed E-state index contributed by atoms with van der Waals surface area (Å²) >= 11 is 0. The Morgan fingerprint density at radius 1 is 1.38 bits per heavy atom. The van der Waals surface area contributed by atoms with E-state index in [9.17, 15) is 9.59 Å². The molecule has 1 atom stereocenters. The molecule has 0 fully saturated rings. The van der Waals surface area contributed by atoms with Gasteiger partial charge in [0.15, 0.2) is 0 Å². The van der Waals surface area contributed by atoms with Crippen molar-refractivity contribution in [3.05, 3.63) is 42.5 Å². The predicted molar refractivity (Wildman–Crippen MR) is 95.2 cm³/mol. The molecule has 1 aromatic carbocycles. The van der Waals surface area contributed by atoms with Crippen LogP contribution in [0.4, 0.5) is 10.5 Å². The van der Waals surface area contributed by atoms with E-state index in [4.69, 9.17) is 4.74 Å². The summed E-state index contributed by atoms with van der Waals surface area (Å²) in [6.07, 6.45) is 1.92. The van der Waals surface area contributed by atoms with Crippen molar-refractivity contribution in [3.8, 4) is 0 Å². The zero-order valence-electron chi connectivity index (χ0n) is 14.9. The first-order valence-electron chi connectivity index (χ1n) is 8.20. The van der Waals surface area contributed by atoms with Crippen LogP contribution in [0.15, 0.2) is 36.9 Å². The molecule has 0 aromatic heterocycles. The summed E-state index contributed by atoms with van der Waals surface area (Å²) < 4.78 is 5.35. The van der Waals surface area contributed by atoms with Gasteiger partial charge in [0.25, 0.3) is 0 Å². The van der Waals surface area contributed by atoms with Crippen LogP contribution in [0.5, 0.6) is 0 Å². The molecular weight excluding hydrogens is 304 g/mol. The van der Waals surface area contributed by atoms with E-state index in [1.54, 1.807) is 18.0 Å². The van der Waals surface area contributed by atoms with Crippen molar-refractivity contribution in [1.82, 2.24) is 4.90 Å². The van der Waals surface area contributed by atoms with Crippen molar-refractivity contribution in [2.24, 2.45) is 0 Å². The number of carbonyl (C=O) groups excluding carboxylic acids is 2. The van der Waals surface area contributed by atoms with Crippen LogP contribution in [-0.2, 0) is 9.53 Å². The van der Waals surface area contributed by atoms with E-state index in [-0.39, 0.29) is 17.9 Å². The van der Waals surface area contributed by atoms with Crippen molar-refractivity contribution in [1.29, 1.82) is 0 Å². The highest BCUT2D eigenvalue weighted by molar-refractivity contribution is 6.05. The Morgan fingerprint density at radius 3 is 2.67 bits per heavy atom. The van der Waals surface area contributed by atoms with E-state index >= 15 is 0 Å². The summed E-state index contributed by atoms with van der Waals surface area (Å²) in [6.45, 7) is 10.2. The fourth-order valence-electron chi connectivity index (χ4n) is 2.82. The van der Waals surface area contributed by atoms with Gasteiger partial charge in [-0.05, 0) is 38.8 Å². The van der Waals surface area contributed by atoms with Crippen LogP contribution >= 0.6 is 0 Å². The van der Waals surface area contributed by atoms with Gasteiger partial charge in [-0.2, -0.15) is 0 Å². The standard InChI is InChI=1S/C19H26N2O3/c1-6-12-21-16-10-8-7-9-14(16)15(17(21)22)11-13-20(5)18(23)24-19(2,3)4/h6-10,15H,1,11-13H2,2-5H3. The van der Waals surface area contributed by atoms with Gasteiger partial charge >= 0.3 is 6.09 Å². The van der Waals surface area contributed by atoms with Gasteiger partial charge in [0.05, 0.1) is 5.92 Å². The third-order valence-corrected chi connectivity index (χ3v) is 3.94. The second-order valence-corrected chi connectivity index (χ2v) is 7.04. The number of fused-ring (bicyclic) bond motifs is 1. The quantitative estimate of drug-likeness (QED) is 0.776. The molecule has 1 aromatic rings. The molecule has 5 nitrogen and oxygen atoms in total. The molecule has 0 saturated heterocycles. The Hall–Kier alpha value is -2.30. The summed E-state index contributed by atoms with van der Waals surface area (Å²) in [5.41, 5.74) is 1.43. The Morgan fingerprint density at radius 2 is 2.04 bits per heavy atom. The monoisotopic (exact) mass is 330 g/mol. The molecule has 5 heteroatoms. The molecule has 0 bridgehead atoms. The van der Waals surface area contributed by atoms with Gasteiger partial charge in [-0.1, -0.05) is 24.3 Å². The first-order valence-corrected chi connectivity index (χ1v) is 8.20. The molecule has 1 heterocycles. The number of rotatable bonds is 5. The topological polar surface area (TPSA) is 49.9 Å². The van der Waals surface area contributed by atoms with E-state index in [1.165, 1.54) is 4.90 Å². The lowest BCUT2D eigenvalue weighted by Gasteiger charge is -2.25. The minimum atomic E-state index is -0.526. The number of hydrogen-bond donors (Lipinski definition) is 0. The largest absolute Gasteiger partial charge is 0.444 e. The van der Waals surface area contributed by atoms with E-state index in [2.05, 4.69) is 6.58 Å². The number of amides is 2. The van der Waals surface area contributed by atoms with Crippen molar-refractivity contribution in [2.75, 3.05) is 25.0 Å². The fraction of sp³-hybridized carbons (Fsp3) is 0.474. The van der Waals surface area contributed by atoms with Gasteiger partial charge in [0.1, 0.15) is 5.60 Å². The lowest BCUT2D eigenvalue weighted by molar-refractivity contribution is -0.119. The van der Waals surface area contributed by atoms with Crippen LogP contribution in [-0.4, -0.2) is 42.6 Å². The van der Waals surface area contributed by atoms with E-state index < -0.39 is 5.60 Å². The van der Waals surface area contributed by atoms with Gasteiger partial charge in [-0.15, -0.1) is 6.58 Å². The maximum absolute atomic E-state index is 12.7. The second-order valence-electron chi connectivity index (χ2n) is 7.04. The maximum Gasteiger partial charge on any atom is 0.410 e. The van der Waals surface area contributed by atoms with Crippen molar-refractivity contribution < 1.29 is 14.3 Å². The van der Waals surface area contributed by atoms with Gasteiger partial charge < -0.3 is 14.5 Å². The normalized spacial score (nSPS) is 16.8. The molecule has 2 rings (SSSR count). The van der Waals surface area contributed by atoms with Gasteiger partial charge in [0, 0.05) is 25.8 Å². The highest BCUT2D eigenvalue weighted by Crippen LogP contribution is 2.38. The molecule has 0 aliphatic carbocycles. The van der Waals surface area contributed by atoms with Crippen LogP contribution < -0.4 is 4.90 Å². The smallest absolute Gasteiger partial charge is 0.410 e. The first kappa shape index (κ1) is 18.0. The lowest BCUT2D eigenvalue weighted by atomic mass is 9.97. The fourth-order valence-corrected chi connectivity index (χ4v) is 2.82. The van der Waals surface area contributed by atoms with Gasteiger partial charge in [-0.25, -0.2) is 4.79 Å². The minimum absolute atomic E-state index is 0.0636. The van der Waals surface area contributed by atoms with Crippen LogP contribution in [0.3, 0.4) is 0 Å². The number of anilines is 1. The molecule has 0 spiro atoms. The molecular formula is C19H26N2O3. The first-order chi connectivity index (χ1) is 11.2. The third-order valence-electron chi connectivity index (χ3n) is 3.94. The Labute approximate surface area is 143 Å². The van der Waals surface area contributed by atoms with Crippen molar-refractivity contribution >= 4 is 17.7 Å². The minimum Gasteiger partial charge on any atom is -0.444 e. The van der Waals surface area contributed by atoms with E-state index in [0.29, 0.717) is 19.5 Å². The number of benzene rings is 1. The zero-order chi connectivity index (χ0) is 17.9. The SMILES string of the molecule is C=CCN1C(=O)C(CCN(C)C(=O)OC(C)(C)C)c2ccccc21. The van der Waals surface area contributed by atoms with Crippen LogP contribution in [0, 0.1) is 0 Å². The molecule has 1 unspecified atom stereocenters. The van der Waals surface area contributed by atoms with E-state index in [0.717, 1.165) is 11.3 Å². The highest BCUT2D eigenvalue weighted by Gasteiger charge is 2.36. The Bertz CT molecular complexity index is 634. The van der Waals surface area contributed by atoms with E-state index in [1.807, 2.05) is 45.0 Å². The number of hydrogen-bond acceptors (Lipinski definition) is 3. The van der Waals surface area contributed by atoms with Crippen LogP contribution in [0.25, 0.3) is 0 Å². The van der Waals surface area contributed by atoms with Gasteiger partial charge in [0.2, 0.25) is 5.91 Å². The average Bonchev–Trinajstić information content (AvgIpc) is 2.76. The summed E-state index contributed by atoms with van der Waals surface area (Å²) in [6, 6.07) is 7.80. The number of para-hydroxylation sites is 1. The third kappa shape index (κ3) is 3.96. The molecule has 2 amide bonds. The molecule has 0 saturated carbocycles. The Balaban J connectivity index is 2.06. The van der Waals surface area contributed by atoms with Gasteiger partial charge in [-0.3, -0.25) is 4.79 Å². The predicted octanol–water partition coefficient (Wildman–Crippen LogP) is 3.56. The lowest BCUT2D eigenvalue weighted by Crippen LogP contribution is -2.36. The van der Waals surface area contributed by atoms with Crippen molar-refractivity contribution in [3.63, 3.8) is 0 Å². The summed E-state index contributed by atoms with van der Waals surface area (Å²) in [5, 5.41) is 0. The zero-order valence-corrected chi connectivity index (χ0v) is 14.9. The van der Waals surface area contributed by atoms with Crippen LogP contribution in [0.2, 0.25) is 0 Å².